The summed E-state index contributed by atoms with van der Waals surface area (Å²) in [6.07, 6.45) is 4.55. The lowest BCUT2D eigenvalue weighted by molar-refractivity contribution is 0.673. The number of nitrogens with one attached hydrogen (secondary N) is 1. The molecule has 0 aliphatic heterocycles. The van der Waals surface area contributed by atoms with E-state index in [1.165, 1.54) is 24.1 Å². The smallest absolute Gasteiger partial charge is 0.0562 e. The third kappa shape index (κ3) is 4.05. The molecule has 3 rings (SSSR count). The monoisotopic (exact) mass is 281 g/mol. The number of pyridine rings is 1. The van der Waals surface area contributed by atoms with Crippen molar-refractivity contribution >= 4 is 5.69 Å². The molecule has 1 fully saturated rings. The van der Waals surface area contributed by atoms with Gasteiger partial charge >= 0.3 is 0 Å². The van der Waals surface area contributed by atoms with Gasteiger partial charge in [0.2, 0.25) is 0 Å². The first kappa shape index (κ1) is 14.1. The number of aromatic nitrogens is 1. The Hall–Kier alpha value is -1.87. The molecule has 3 heteroatoms. The second-order valence-electron chi connectivity index (χ2n) is 5.66. The number of anilines is 1. The first-order valence-corrected chi connectivity index (χ1v) is 7.82. The standard InChI is InChI=1S/C18H23N3/c1-2-21(14-15-6-4-3-5-7-15)18-10-11-19-17(12-18)13-20-16-8-9-16/h3-7,10-12,16,20H,2,8-9,13-14H2,1H3. The Morgan fingerprint density at radius 1 is 1.19 bits per heavy atom. The molecule has 1 N–H and O–H groups in total. The topological polar surface area (TPSA) is 28.2 Å². The average molecular weight is 281 g/mol. The molecule has 1 saturated carbocycles. The molecule has 0 bridgehead atoms. The molecule has 21 heavy (non-hydrogen) atoms. The van der Waals surface area contributed by atoms with E-state index in [-0.39, 0.29) is 0 Å². The van der Waals surface area contributed by atoms with E-state index in [9.17, 15) is 0 Å². The molecule has 0 radical (unpaired) electrons. The minimum Gasteiger partial charge on any atom is -0.367 e. The SMILES string of the molecule is CCN(Cc1ccccc1)c1ccnc(CNC2CC2)c1. The predicted octanol–water partition coefficient (Wildman–Crippen LogP) is 3.36. The van der Waals surface area contributed by atoms with E-state index < -0.39 is 0 Å². The molecule has 0 saturated heterocycles. The van der Waals surface area contributed by atoms with Gasteiger partial charge in [0.15, 0.2) is 0 Å². The number of hydrogen-bond donors (Lipinski definition) is 1. The second-order valence-corrected chi connectivity index (χ2v) is 5.66. The molecule has 1 aromatic heterocycles. The van der Waals surface area contributed by atoms with Crippen molar-refractivity contribution in [2.24, 2.45) is 0 Å². The fourth-order valence-electron chi connectivity index (χ4n) is 2.48. The maximum Gasteiger partial charge on any atom is 0.0562 e. The summed E-state index contributed by atoms with van der Waals surface area (Å²) in [6.45, 7) is 5.01. The summed E-state index contributed by atoms with van der Waals surface area (Å²) in [5.41, 5.74) is 3.73. The van der Waals surface area contributed by atoms with Crippen molar-refractivity contribution in [2.45, 2.75) is 38.9 Å². The Bertz CT molecular complexity index is 564. The van der Waals surface area contributed by atoms with Crippen molar-refractivity contribution in [3.05, 3.63) is 59.9 Å². The zero-order valence-electron chi connectivity index (χ0n) is 12.6. The summed E-state index contributed by atoms with van der Waals surface area (Å²) >= 11 is 0. The highest BCUT2D eigenvalue weighted by Gasteiger charge is 2.20. The van der Waals surface area contributed by atoms with E-state index in [4.69, 9.17) is 0 Å². The van der Waals surface area contributed by atoms with Crippen LogP contribution >= 0.6 is 0 Å². The fourth-order valence-corrected chi connectivity index (χ4v) is 2.48. The van der Waals surface area contributed by atoms with Gasteiger partial charge in [-0.3, -0.25) is 4.98 Å². The second kappa shape index (κ2) is 6.72. The van der Waals surface area contributed by atoms with Crippen LogP contribution < -0.4 is 10.2 Å². The van der Waals surface area contributed by atoms with E-state index in [1.54, 1.807) is 0 Å². The van der Waals surface area contributed by atoms with E-state index in [1.807, 2.05) is 6.20 Å². The van der Waals surface area contributed by atoms with Crippen LogP contribution in [-0.2, 0) is 13.1 Å². The first-order chi connectivity index (χ1) is 10.3. The Labute approximate surface area is 127 Å². The number of benzene rings is 1. The Morgan fingerprint density at radius 2 is 2.00 bits per heavy atom. The maximum absolute atomic E-state index is 4.47. The lowest BCUT2D eigenvalue weighted by Crippen LogP contribution is -2.23. The predicted molar refractivity (Wildman–Crippen MR) is 87.3 cm³/mol. The Kier molecular flexibility index (Phi) is 4.51. The highest BCUT2D eigenvalue weighted by Crippen LogP contribution is 2.21. The van der Waals surface area contributed by atoms with Crippen molar-refractivity contribution in [2.75, 3.05) is 11.4 Å². The van der Waals surface area contributed by atoms with Gasteiger partial charge in [0.1, 0.15) is 0 Å². The highest BCUT2D eigenvalue weighted by molar-refractivity contribution is 5.47. The van der Waals surface area contributed by atoms with Crippen molar-refractivity contribution in [3.63, 3.8) is 0 Å². The van der Waals surface area contributed by atoms with Gasteiger partial charge in [0.05, 0.1) is 5.69 Å². The third-order valence-corrected chi connectivity index (χ3v) is 3.91. The molecule has 1 aliphatic rings. The van der Waals surface area contributed by atoms with Gasteiger partial charge in [0, 0.05) is 37.6 Å². The summed E-state index contributed by atoms with van der Waals surface area (Å²) in [5, 5.41) is 3.53. The van der Waals surface area contributed by atoms with Gasteiger partial charge in [-0.15, -0.1) is 0 Å². The quantitative estimate of drug-likeness (QED) is 0.843. The van der Waals surface area contributed by atoms with Crippen LogP contribution in [0.3, 0.4) is 0 Å². The molecular formula is C18H23N3. The maximum atomic E-state index is 4.47. The Morgan fingerprint density at radius 3 is 2.71 bits per heavy atom. The molecule has 2 aromatic rings. The van der Waals surface area contributed by atoms with Crippen molar-refractivity contribution in [1.29, 1.82) is 0 Å². The Balaban J connectivity index is 1.68. The van der Waals surface area contributed by atoms with Crippen LogP contribution in [0, 0.1) is 0 Å². The van der Waals surface area contributed by atoms with Crippen LogP contribution in [0.2, 0.25) is 0 Å². The van der Waals surface area contributed by atoms with Crippen molar-refractivity contribution < 1.29 is 0 Å². The summed E-state index contributed by atoms with van der Waals surface area (Å²) in [5.74, 6) is 0. The number of rotatable bonds is 7. The van der Waals surface area contributed by atoms with Crippen LogP contribution in [0.15, 0.2) is 48.7 Å². The summed E-state index contributed by atoms with van der Waals surface area (Å²) in [6, 6.07) is 15.7. The fraction of sp³-hybridized carbons (Fsp3) is 0.389. The van der Waals surface area contributed by atoms with E-state index in [0.717, 1.165) is 31.4 Å². The van der Waals surface area contributed by atoms with Gasteiger partial charge in [-0.05, 0) is 37.5 Å². The lowest BCUT2D eigenvalue weighted by Gasteiger charge is -2.23. The molecule has 1 aliphatic carbocycles. The zero-order valence-corrected chi connectivity index (χ0v) is 12.6. The van der Waals surface area contributed by atoms with Crippen LogP contribution in [0.4, 0.5) is 5.69 Å². The first-order valence-electron chi connectivity index (χ1n) is 7.82. The molecule has 0 unspecified atom stereocenters. The molecule has 110 valence electrons. The van der Waals surface area contributed by atoms with Gasteiger partial charge in [-0.2, -0.15) is 0 Å². The molecule has 0 atom stereocenters. The largest absolute Gasteiger partial charge is 0.367 e. The molecule has 1 aromatic carbocycles. The van der Waals surface area contributed by atoms with Crippen LogP contribution in [0.25, 0.3) is 0 Å². The molecule has 0 spiro atoms. The number of hydrogen-bond acceptors (Lipinski definition) is 3. The third-order valence-electron chi connectivity index (χ3n) is 3.91. The summed E-state index contributed by atoms with van der Waals surface area (Å²) < 4.78 is 0. The van der Waals surface area contributed by atoms with Crippen LogP contribution in [0.1, 0.15) is 31.0 Å². The van der Waals surface area contributed by atoms with E-state index in [2.05, 4.69) is 64.6 Å². The zero-order chi connectivity index (χ0) is 14.5. The van der Waals surface area contributed by atoms with Gasteiger partial charge in [-0.1, -0.05) is 30.3 Å². The van der Waals surface area contributed by atoms with Crippen LogP contribution in [-0.4, -0.2) is 17.6 Å². The number of nitrogens with zero attached hydrogens (tertiary/aromatic N) is 2. The lowest BCUT2D eigenvalue weighted by atomic mass is 10.2. The molecule has 0 amide bonds. The normalized spacial score (nSPS) is 14.1. The molecular weight excluding hydrogens is 258 g/mol. The van der Waals surface area contributed by atoms with E-state index >= 15 is 0 Å². The summed E-state index contributed by atoms with van der Waals surface area (Å²) in [4.78, 5) is 6.86. The molecule has 3 nitrogen and oxygen atoms in total. The summed E-state index contributed by atoms with van der Waals surface area (Å²) in [7, 11) is 0. The van der Waals surface area contributed by atoms with E-state index in [0.29, 0.717) is 0 Å². The minimum atomic E-state index is 0.724. The van der Waals surface area contributed by atoms with Gasteiger partial charge < -0.3 is 10.2 Å². The van der Waals surface area contributed by atoms with Crippen LogP contribution in [0.5, 0.6) is 0 Å². The average Bonchev–Trinajstić information content (AvgIpc) is 3.36. The molecule has 1 heterocycles. The van der Waals surface area contributed by atoms with Crippen molar-refractivity contribution in [3.8, 4) is 0 Å². The highest BCUT2D eigenvalue weighted by atomic mass is 15.1. The van der Waals surface area contributed by atoms with Gasteiger partial charge in [0.25, 0.3) is 0 Å². The minimum absolute atomic E-state index is 0.724. The van der Waals surface area contributed by atoms with Crippen molar-refractivity contribution in [1.82, 2.24) is 10.3 Å². The van der Waals surface area contributed by atoms with Gasteiger partial charge in [-0.25, -0.2) is 0 Å².